The molecule has 17 heavy (non-hydrogen) atoms. The average molecular weight is 288 g/mol. The highest BCUT2D eigenvalue weighted by Gasteiger charge is 1.98. The van der Waals surface area contributed by atoms with Crippen molar-refractivity contribution >= 4 is 27.3 Å². The fourth-order valence-corrected chi connectivity index (χ4v) is 2.12. The van der Waals surface area contributed by atoms with E-state index in [9.17, 15) is 0 Å². The van der Waals surface area contributed by atoms with Crippen molar-refractivity contribution in [3.63, 3.8) is 0 Å². The molecule has 0 fully saturated rings. The smallest absolute Gasteiger partial charge is 0.140 e. The van der Waals surface area contributed by atoms with Gasteiger partial charge in [-0.2, -0.15) is 5.26 Å². The van der Waals surface area contributed by atoms with E-state index >= 15 is 0 Å². The zero-order chi connectivity index (χ0) is 12.3. The lowest BCUT2D eigenvalue weighted by molar-refractivity contribution is 1.26. The second-order valence-electron chi connectivity index (χ2n) is 3.69. The lowest BCUT2D eigenvalue weighted by Crippen LogP contribution is -1.92. The second kappa shape index (κ2) is 4.98. The summed E-state index contributed by atoms with van der Waals surface area (Å²) in [5.74, 6) is 0. The number of benzene rings is 1. The molecule has 1 aromatic carbocycles. The predicted octanol–water partition coefficient (Wildman–Crippen LogP) is 3.77. The first-order chi connectivity index (χ1) is 8.17. The molecule has 0 saturated carbocycles. The van der Waals surface area contributed by atoms with Crippen LogP contribution in [0.15, 0.2) is 41.0 Å². The molecule has 4 heteroatoms. The summed E-state index contributed by atoms with van der Waals surface area (Å²) >= 11 is 3.45. The van der Waals surface area contributed by atoms with Gasteiger partial charge in [-0.15, -0.1) is 0 Å². The van der Waals surface area contributed by atoms with Crippen LogP contribution in [0.2, 0.25) is 0 Å². The summed E-state index contributed by atoms with van der Waals surface area (Å²) in [6.07, 6.45) is 1.65. The van der Waals surface area contributed by atoms with Crippen LogP contribution >= 0.6 is 15.9 Å². The van der Waals surface area contributed by atoms with Crippen LogP contribution in [-0.2, 0) is 0 Å². The van der Waals surface area contributed by atoms with Gasteiger partial charge in [0.2, 0.25) is 0 Å². The maximum absolute atomic E-state index is 8.65. The van der Waals surface area contributed by atoms with E-state index in [0.29, 0.717) is 5.69 Å². The van der Waals surface area contributed by atoms with Crippen molar-refractivity contribution in [3.8, 4) is 6.07 Å². The SMILES string of the molecule is Cc1cc(Br)cc(Nc2ccc(C#N)nc2)c1. The summed E-state index contributed by atoms with van der Waals surface area (Å²) in [4.78, 5) is 4.00. The van der Waals surface area contributed by atoms with Crippen molar-refractivity contribution in [3.05, 3.63) is 52.3 Å². The molecular formula is C13H10BrN3. The summed E-state index contributed by atoms with van der Waals surface area (Å²) in [5.41, 5.74) is 3.44. The first kappa shape index (κ1) is 11.6. The predicted molar refractivity (Wildman–Crippen MR) is 71.1 cm³/mol. The van der Waals surface area contributed by atoms with E-state index in [1.54, 1.807) is 12.3 Å². The number of aromatic nitrogens is 1. The summed E-state index contributed by atoms with van der Waals surface area (Å²) in [7, 11) is 0. The van der Waals surface area contributed by atoms with Gasteiger partial charge >= 0.3 is 0 Å². The molecule has 0 aliphatic rings. The highest BCUT2D eigenvalue weighted by Crippen LogP contribution is 2.22. The number of aryl methyl sites for hydroxylation is 1. The number of hydrogen-bond acceptors (Lipinski definition) is 3. The van der Waals surface area contributed by atoms with Gasteiger partial charge < -0.3 is 5.32 Å². The maximum atomic E-state index is 8.65. The maximum Gasteiger partial charge on any atom is 0.140 e. The normalized spacial score (nSPS) is 9.71. The van der Waals surface area contributed by atoms with E-state index in [-0.39, 0.29) is 0 Å². The van der Waals surface area contributed by atoms with E-state index in [4.69, 9.17) is 5.26 Å². The number of halogens is 1. The van der Waals surface area contributed by atoms with Gasteiger partial charge in [0.05, 0.1) is 11.9 Å². The summed E-state index contributed by atoms with van der Waals surface area (Å²) in [6, 6.07) is 11.6. The molecule has 0 bridgehead atoms. The average Bonchev–Trinajstić information content (AvgIpc) is 2.28. The van der Waals surface area contributed by atoms with Gasteiger partial charge in [-0.25, -0.2) is 4.98 Å². The Labute approximate surface area is 108 Å². The number of nitrogens with zero attached hydrogens (tertiary/aromatic N) is 2. The van der Waals surface area contributed by atoms with Crippen molar-refractivity contribution in [2.75, 3.05) is 5.32 Å². The van der Waals surface area contributed by atoms with Crippen molar-refractivity contribution in [2.45, 2.75) is 6.92 Å². The Morgan fingerprint density at radius 1 is 1.24 bits per heavy atom. The van der Waals surface area contributed by atoms with Crippen molar-refractivity contribution in [1.82, 2.24) is 4.98 Å². The zero-order valence-corrected chi connectivity index (χ0v) is 10.8. The Kier molecular flexibility index (Phi) is 3.40. The highest BCUT2D eigenvalue weighted by atomic mass is 79.9. The van der Waals surface area contributed by atoms with E-state index in [2.05, 4.69) is 26.2 Å². The molecule has 0 aliphatic heterocycles. The lowest BCUT2D eigenvalue weighted by Gasteiger charge is -2.07. The molecule has 0 spiro atoms. The van der Waals surface area contributed by atoms with Crippen molar-refractivity contribution < 1.29 is 0 Å². The molecular weight excluding hydrogens is 278 g/mol. The molecule has 0 saturated heterocycles. The fraction of sp³-hybridized carbons (Fsp3) is 0.0769. The van der Waals surface area contributed by atoms with Gasteiger partial charge in [0.25, 0.3) is 0 Å². The second-order valence-corrected chi connectivity index (χ2v) is 4.60. The molecule has 2 rings (SSSR count). The third-order valence-corrected chi connectivity index (χ3v) is 2.67. The van der Waals surface area contributed by atoms with Gasteiger partial charge in [0.1, 0.15) is 11.8 Å². The zero-order valence-electron chi connectivity index (χ0n) is 9.24. The number of nitrogens with one attached hydrogen (secondary N) is 1. The Hall–Kier alpha value is -1.86. The molecule has 1 N–H and O–H groups in total. The third kappa shape index (κ3) is 3.05. The van der Waals surface area contributed by atoms with E-state index < -0.39 is 0 Å². The quantitative estimate of drug-likeness (QED) is 0.915. The Morgan fingerprint density at radius 3 is 2.65 bits per heavy atom. The Bertz CT molecular complexity index is 550. The van der Waals surface area contributed by atoms with Crippen molar-refractivity contribution in [2.24, 2.45) is 0 Å². The summed E-state index contributed by atoms with van der Waals surface area (Å²) in [5, 5.41) is 11.9. The highest BCUT2D eigenvalue weighted by molar-refractivity contribution is 9.10. The van der Waals surface area contributed by atoms with Crippen LogP contribution in [0.4, 0.5) is 11.4 Å². The minimum atomic E-state index is 0.418. The molecule has 0 radical (unpaired) electrons. The number of nitriles is 1. The first-order valence-corrected chi connectivity index (χ1v) is 5.87. The molecule has 0 unspecified atom stereocenters. The monoisotopic (exact) mass is 287 g/mol. The van der Waals surface area contributed by atoms with Crippen LogP contribution in [0.5, 0.6) is 0 Å². The molecule has 84 valence electrons. The lowest BCUT2D eigenvalue weighted by atomic mass is 10.2. The Morgan fingerprint density at radius 2 is 2.06 bits per heavy atom. The number of pyridine rings is 1. The first-order valence-electron chi connectivity index (χ1n) is 5.08. The van der Waals surface area contributed by atoms with Gasteiger partial charge in [-0.05, 0) is 42.8 Å². The van der Waals surface area contributed by atoms with Crippen LogP contribution < -0.4 is 5.32 Å². The molecule has 0 aliphatic carbocycles. The molecule has 1 aromatic heterocycles. The number of rotatable bonds is 2. The van der Waals surface area contributed by atoms with Crippen LogP contribution in [0.1, 0.15) is 11.3 Å². The minimum absolute atomic E-state index is 0.418. The van der Waals surface area contributed by atoms with Gasteiger partial charge in [0.15, 0.2) is 0 Å². The number of hydrogen-bond donors (Lipinski definition) is 1. The number of anilines is 2. The molecule has 0 amide bonds. The van der Waals surface area contributed by atoms with E-state index in [1.165, 1.54) is 5.56 Å². The van der Waals surface area contributed by atoms with E-state index in [1.807, 2.05) is 37.3 Å². The van der Waals surface area contributed by atoms with Crippen LogP contribution in [0.25, 0.3) is 0 Å². The Balaban J connectivity index is 2.22. The van der Waals surface area contributed by atoms with Gasteiger partial charge in [0, 0.05) is 10.2 Å². The van der Waals surface area contributed by atoms with Crippen molar-refractivity contribution in [1.29, 1.82) is 5.26 Å². The van der Waals surface area contributed by atoms with Crippen LogP contribution in [0.3, 0.4) is 0 Å². The molecule has 3 nitrogen and oxygen atoms in total. The minimum Gasteiger partial charge on any atom is -0.354 e. The third-order valence-electron chi connectivity index (χ3n) is 2.21. The summed E-state index contributed by atoms with van der Waals surface area (Å²) in [6.45, 7) is 2.03. The standard InChI is InChI=1S/C13H10BrN3/c1-9-4-10(14)6-13(5-9)17-12-3-2-11(7-15)16-8-12/h2-6,8,17H,1H3. The fourth-order valence-electron chi connectivity index (χ4n) is 1.51. The largest absolute Gasteiger partial charge is 0.354 e. The van der Waals surface area contributed by atoms with Crippen LogP contribution in [-0.4, -0.2) is 4.98 Å². The van der Waals surface area contributed by atoms with E-state index in [0.717, 1.165) is 15.8 Å². The molecule has 2 aromatic rings. The summed E-state index contributed by atoms with van der Waals surface area (Å²) < 4.78 is 1.03. The van der Waals surface area contributed by atoms with Gasteiger partial charge in [-0.1, -0.05) is 15.9 Å². The topological polar surface area (TPSA) is 48.7 Å². The van der Waals surface area contributed by atoms with Gasteiger partial charge in [-0.3, -0.25) is 0 Å². The van der Waals surface area contributed by atoms with Crippen LogP contribution in [0, 0.1) is 18.3 Å². The molecule has 0 atom stereocenters. The molecule has 1 heterocycles.